The summed E-state index contributed by atoms with van der Waals surface area (Å²) in [6, 6.07) is 12.1. The molecule has 2 saturated carbocycles. The molecule has 4 fully saturated rings. The van der Waals surface area contributed by atoms with Crippen LogP contribution in [0.3, 0.4) is 0 Å². The Hall–Kier alpha value is -5.30. The summed E-state index contributed by atoms with van der Waals surface area (Å²) in [5.74, 6) is 0.916. The highest BCUT2D eigenvalue weighted by Gasteiger charge is 2.45. The third-order valence-corrected chi connectivity index (χ3v) is 13.0. The van der Waals surface area contributed by atoms with E-state index in [1.54, 1.807) is 48.8 Å². The van der Waals surface area contributed by atoms with E-state index in [2.05, 4.69) is 50.3 Å². The number of fused-ring (bicyclic) bond motifs is 1. The minimum atomic E-state index is -1.29. The van der Waals surface area contributed by atoms with E-state index in [4.69, 9.17) is 26.3 Å². The van der Waals surface area contributed by atoms with Crippen LogP contribution in [0, 0.1) is 17.2 Å². The smallest absolute Gasteiger partial charge is 0.271 e. The molecule has 8 rings (SSSR count). The number of nitrogens with one attached hydrogen (secondary N) is 2. The summed E-state index contributed by atoms with van der Waals surface area (Å²) in [4.78, 5) is 65.4. The van der Waals surface area contributed by atoms with E-state index in [0.29, 0.717) is 56.9 Å². The van der Waals surface area contributed by atoms with Crippen molar-refractivity contribution in [2.45, 2.75) is 121 Å². The zero-order valence-corrected chi connectivity index (χ0v) is 34.6. The second kappa shape index (κ2) is 17.7. The van der Waals surface area contributed by atoms with Gasteiger partial charge in [-0.1, -0.05) is 11.6 Å². The molecule has 2 aromatic carbocycles. The number of benzene rings is 2. The fraction of sp³-hybridized carbons (Fsp3) is 0.523. The van der Waals surface area contributed by atoms with Gasteiger partial charge in [-0.3, -0.25) is 34.3 Å². The van der Waals surface area contributed by atoms with Crippen molar-refractivity contribution in [2.75, 3.05) is 24.5 Å². The van der Waals surface area contributed by atoms with Crippen LogP contribution in [0.25, 0.3) is 0 Å². The molecule has 2 atom stereocenters. The molecule has 3 aliphatic heterocycles. The van der Waals surface area contributed by atoms with Crippen molar-refractivity contribution >= 4 is 41.0 Å². The lowest BCUT2D eigenvalue weighted by Gasteiger charge is -2.46. The summed E-state index contributed by atoms with van der Waals surface area (Å²) in [6.07, 6.45) is 9.23. The number of nitriles is 1. The molecule has 3 aromatic rings. The normalized spacial score (nSPS) is 25.7. The average Bonchev–Trinajstić information content (AvgIpc) is 3.47. The third kappa shape index (κ3) is 8.91. The van der Waals surface area contributed by atoms with E-state index < -0.39 is 24.1 Å². The number of hydrogen-bond donors (Lipinski definition) is 3. The number of piperidine rings is 2. The number of halogens is 1. The number of aliphatic hydroxyl groups excluding tert-OH is 1. The predicted molar refractivity (Wildman–Crippen MR) is 220 cm³/mol. The van der Waals surface area contributed by atoms with Crippen molar-refractivity contribution < 1.29 is 33.8 Å². The summed E-state index contributed by atoms with van der Waals surface area (Å²) in [6.45, 7) is 7.19. The SMILES string of the molecule is CC(C)N(CC1CCN(c2cnc(C(=O)NC3CCC(Oc4ccc(C#N)c(Cl)c4)CC3)cn2)CC1)C1CC(Oc2ccc3c(c2)C(O)N(C2CCC(=O)NC2=O)C3=O)C1. The minimum Gasteiger partial charge on any atom is -0.490 e. The van der Waals surface area contributed by atoms with Crippen LogP contribution >= 0.6 is 11.6 Å². The van der Waals surface area contributed by atoms with Crippen molar-refractivity contribution in [1.29, 1.82) is 5.26 Å². The van der Waals surface area contributed by atoms with Gasteiger partial charge < -0.3 is 24.8 Å². The second-order valence-electron chi connectivity index (χ2n) is 17.0. The first-order valence-electron chi connectivity index (χ1n) is 21.1. The zero-order chi connectivity index (χ0) is 42.1. The van der Waals surface area contributed by atoms with Gasteiger partial charge in [0.2, 0.25) is 11.8 Å². The van der Waals surface area contributed by atoms with Crippen LogP contribution in [0.4, 0.5) is 5.82 Å². The summed E-state index contributed by atoms with van der Waals surface area (Å²) < 4.78 is 12.4. The first-order chi connectivity index (χ1) is 28.9. The molecule has 1 aromatic heterocycles. The Bertz CT molecular complexity index is 2140. The molecule has 16 heteroatoms. The molecule has 60 heavy (non-hydrogen) atoms. The second-order valence-corrected chi connectivity index (χ2v) is 17.4. The van der Waals surface area contributed by atoms with Gasteiger partial charge in [-0.2, -0.15) is 5.26 Å². The number of nitrogens with zero attached hydrogens (tertiary/aromatic N) is 6. The number of carbonyl (C=O) groups excluding carboxylic acids is 4. The van der Waals surface area contributed by atoms with Crippen LogP contribution in [0.15, 0.2) is 48.8 Å². The van der Waals surface area contributed by atoms with Crippen molar-refractivity contribution in [1.82, 2.24) is 30.4 Å². The number of carbonyl (C=O) groups is 4. The molecule has 0 spiro atoms. The van der Waals surface area contributed by atoms with Gasteiger partial charge >= 0.3 is 0 Å². The number of imide groups is 1. The van der Waals surface area contributed by atoms with E-state index in [-0.39, 0.29) is 42.9 Å². The summed E-state index contributed by atoms with van der Waals surface area (Å²) >= 11 is 6.15. The van der Waals surface area contributed by atoms with Crippen LogP contribution in [0.2, 0.25) is 5.02 Å². The Labute approximate surface area is 354 Å². The molecule has 15 nitrogen and oxygen atoms in total. The zero-order valence-electron chi connectivity index (χ0n) is 33.9. The maximum atomic E-state index is 13.1. The van der Waals surface area contributed by atoms with E-state index >= 15 is 0 Å². The lowest BCUT2D eigenvalue weighted by Crippen LogP contribution is -2.53. The lowest BCUT2D eigenvalue weighted by molar-refractivity contribution is -0.139. The molecular formula is C44H51ClN8O7. The predicted octanol–water partition coefficient (Wildman–Crippen LogP) is 4.91. The standard InChI is InChI=1S/C44H51ClN8O7/c1-25(2)52(29-17-33(18-29)60-31-9-10-34-35(19-31)44(58)53(43(34)57)38-11-12-40(54)50-42(38)56)24-26-13-15-51(16-14-26)39-23-47-37(22-48-39)41(55)49-28-4-7-30(8-5-28)59-32-6-3-27(21-46)36(45)20-32/h3,6,9-10,19-20,22-23,25-26,28-30,33,38,44,58H,4-5,7-8,11-18,24H2,1-2H3,(H,49,55)(H,50,54,56). The highest BCUT2D eigenvalue weighted by molar-refractivity contribution is 6.31. The summed E-state index contributed by atoms with van der Waals surface area (Å²) in [7, 11) is 0. The topological polar surface area (TPSA) is 190 Å². The molecule has 5 aliphatic rings. The van der Waals surface area contributed by atoms with Crippen LogP contribution in [-0.4, -0.2) is 105 Å². The summed E-state index contributed by atoms with van der Waals surface area (Å²) in [5, 5.41) is 25.9. The van der Waals surface area contributed by atoms with E-state index in [1.165, 1.54) is 0 Å². The van der Waals surface area contributed by atoms with Crippen molar-refractivity contribution in [3.05, 3.63) is 76.2 Å². The van der Waals surface area contributed by atoms with Gasteiger partial charge in [-0.15, -0.1) is 0 Å². The molecule has 316 valence electrons. The molecular weight excluding hydrogens is 788 g/mol. The minimum absolute atomic E-state index is 0.0106. The van der Waals surface area contributed by atoms with E-state index in [9.17, 15) is 24.3 Å². The van der Waals surface area contributed by atoms with Crippen LogP contribution < -0.4 is 25.0 Å². The van der Waals surface area contributed by atoms with Crippen LogP contribution in [0.5, 0.6) is 11.5 Å². The van der Waals surface area contributed by atoms with Gasteiger partial charge in [-0.25, -0.2) is 9.97 Å². The number of rotatable bonds is 12. The average molecular weight is 839 g/mol. The number of ether oxygens (including phenoxy) is 2. The number of amides is 4. The Balaban J connectivity index is 0.760. The Morgan fingerprint density at radius 1 is 0.983 bits per heavy atom. The third-order valence-electron chi connectivity index (χ3n) is 12.7. The lowest BCUT2D eigenvalue weighted by atomic mass is 9.85. The quantitative estimate of drug-likeness (QED) is 0.209. The molecule has 2 unspecified atom stereocenters. The largest absolute Gasteiger partial charge is 0.490 e. The van der Waals surface area contributed by atoms with Crippen molar-refractivity contribution in [3.8, 4) is 17.6 Å². The van der Waals surface area contributed by atoms with Crippen LogP contribution in [-0.2, 0) is 9.59 Å². The van der Waals surface area contributed by atoms with Crippen LogP contribution in [0.1, 0.15) is 116 Å². The maximum absolute atomic E-state index is 13.1. The Morgan fingerprint density at radius 2 is 1.70 bits per heavy atom. The van der Waals surface area contributed by atoms with Gasteiger partial charge in [0.1, 0.15) is 41.2 Å². The summed E-state index contributed by atoms with van der Waals surface area (Å²) in [5.41, 5.74) is 1.46. The Morgan fingerprint density at radius 3 is 2.37 bits per heavy atom. The van der Waals surface area contributed by atoms with Gasteiger partial charge in [0, 0.05) is 74.2 Å². The number of aromatic nitrogens is 2. The number of anilines is 1. The number of aliphatic hydroxyl groups is 1. The first kappa shape index (κ1) is 41.4. The molecule has 2 aliphatic carbocycles. The number of hydrogen-bond acceptors (Lipinski definition) is 12. The Kier molecular flexibility index (Phi) is 12.2. The molecule has 4 heterocycles. The van der Waals surface area contributed by atoms with Crippen molar-refractivity contribution in [2.24, 2.45) is 5.92 Å². The fourth-order valence-electron chi connectivity index (χ4n) is 9.24. The molecule has 0 bridgehead atoms. The highest BCUT2D eigenvalue weighted by Crippen LogP contribution is 2.39. The van der Waals surface area contributed by atoms with Crippen molar-refractivity contribution in [3.63, 3.8) is 0 Å². The maximum Gasteiger partial charge on any atom is 0.271 e. The molecule has 2 saturated heterocycles. The monoisotopic (exact) mass is 838 g/mol. The van der Waals surface area contributed by atoms with Gasteiger partial charge in [0.15, 0.2) is 6.23 Å². The van der Waals surface area contributed by atoms with Gasteiger partial charge in [-0.05, 0) is 95.0 Å². The van der Waals surface area contributed by atoms with E-state index in [1.807, 2.05) is 0 Å². The highest BCUT2D eigenvalue weighted by atomic mass is 35.5. The molecule has 4 amide bonds. The van der Waals surface area contributed by atoms with E-state index in [0.717, 1.165) is 81.7 Å². The molecule has 0 radical (unpaired) electrons. The molecule has 3 N–H and O–H groups in total. The van der Waals surface area contributed by atoms with Gasteiger partial charge in [0.25, 0.3) is 11.8 Å². The van der Waals surface area contributed by atoms with Gasteiger partial charge in [0.05, 0.1) is 29.1 Å². The fourth-order valence-corrected chi connectivity index (χ4v) is 9.45. The first-order valence-corrected chi connectivity index (χ1v) is 21.5.